The van der Waals surface area contributed by atoms with E-state index in [1.807, 2.05) is 6.92 Å². The maximum Gasteiger partial charge on any atom is 0.141 e. The van der Waals surface area contributed by atoms with E-state index in [2.05, 4.69) is 9.97 Å². The van der Waals surface area contributed by atoms with Crippen molar-refractivity contribution >= 4 is 29.8 Å². The van der Waals surface area contributed by atoms with Gasteiger partial charge in [-0.1, -0.05) is 0 Å². The Morgan fingerprint density at radius 3 is 2.33 bits per heavy atom. The van der Waals surface area contributed by atoms with Crippen LogP contribution in [0.25, 0.3) is 0 Å². The minimum Gasteiger partial charge on any atom is -0.382 e. The largest absolute Gasteiger partial charge is 0.382 e. The van der Waals surface area contributed by atoms with Crippen molar-refractivity contribution in [3.8, 4) is 0 Å². The summed E-state index contributed by atoms with van der Waals surface area (Å²) < 4.78 is 0. The van der Waals surface area contributed by atoms with E-state index in [0.29, 0.717) is 5.82 Å². The number of rotatable bonds is 0. The monoisotopic (exact) mass is 237 g/mol. The standard InChI is InChI=1S/C5H7N3.HI/c1-4-2-8-5(6)3-7-4;/h2-3H,1H3,(H2,6,8);1H. The zero-order valence-electron chi connectivity index (χ0n) is 5.03. The van der Waals surface area contributed by atoms with Gasteiger partial charge in [-0.25, -0.2) is 4.98 Å². The Labute approximate surface area is 70.7 Å². The molecule has 9 heavy (non-hydrogen) atoms. The molecule has 4 heteroatoms. The van der Waals surface area contributed by atoms with Gasteiger partial charge in [-0.15, -0.1) is 24.0 Å². The Balaban J connectivity index is 0.000000640. The zero-order chi connectivity index (χ0) is 5.98. The molecular formula is C5H8IN3. The van der Waals surface area contributed by atoms with Crippen LogP contribution in [0.4, 0.5) is 5.82 Å². The second kappa shape index (κ2) is 3.60. The van der Waals surface area contributed by atoms with Gasteiger partial charge in [0.1, 0.15) is 5.82 Å². The van der Waals surface area contributed by atoms with Crippen LogP contribution in [0.5, 0.6) is 0 Å². The van der Waals surface area contributed by atoms with Crippen LogP contribution in [0.2, 0.25) is 0 Å². The fourth-order valence-corrected chi connectivity index (χ4v) is 0.403. The first-order valence-corrected chi connectivity index (χ1v) is 2.33. The maximum absolute atomic E-state index is 5.25. The lowest BCUT2D eigenvalue weighted by Gasteiger charge is -1.88. The molecule has 0 atom stereocenters. The first-order chi connectivity index (χ1) is 3.79. The topological polar surface area (TPSA) is 51.8 Å². The number of aromatic nitrogens is 2. The second-order valence-electron chi connectivity index (χ2n) is 1.58. The van der Waals surface area contributed by atoms with Crippen LogP contribution in [-0.4, -0.2) is 9.97 Å². The quantitative estimate of drug-likeness (QED) is 0.684. The molecule has 0 fully saturated rings. The Hall–Kier alpha value is -0.390. The van der Waals surface area contributed by atoms with Crippen molar-refractivity contribution in [1.82, 2.24) is 9.97 Å². The number of hydrogen-bond donors (Lipinski definition) is 1. The highest BCUT2D eigenvalue weighted by Crippen LogP contribution is 1.91. The van der Waals surface area contributed by atoms with E-state index in [4.69, 9.17) is 5.73 Å². The SMILES string of the molecule is Cc1cnc(N)cn1.I. The van der Waals surface area contributed by atoms with Gasteiger partial charge in [-0.2, -0.15) is 0 Å². The lowest BCUT2D eigenvalue weighted by atomic mass is 10.5. The van der Waals surface area contributed by atoms with Crippen LogP contribution in [0.3, 0.4) is 0 Å². The lowest BCUT2D eigenvalue weighted by Crippen LogP contribution is -1.90. The fourth-order valence-electron chi connectivity index (χ4n) is 0.403. The number of hydrogen-bond acceptors (Lipinski definition) is 3. The number of halogens is 1. The van der Waals surface area contributed by atoms with E-state index in [9.17, 15) is 0 Å². The Bertz CT molecular complexity index is 151. The zero-order valence-corrected chi connectivity index (χ0v) is 7.37. The van der Waals surface area contributed by atoms with E-state index < -0.39 is 0 Å². The number of nitrogens with zero attached hydrogens (tertiary/aromatic N) is 2. The molecule has 0 aliphatic heterocycles. The minimum atomic E-state index is 0. The van der Waals surface area contributed by atoms with Crippen molar-refractivity contribution in [2.45, 2.75) is 6.92 Å². The molecule has 1 heterocycles. The molecule has 0 aliphatic rings. The molecule has 2 N–H and O–H groups in total. The average Bonchev–Trinajstić information content (AvgIpc) is 1.77. The molecular weight excluding hydrogens is 229 g/mol. The van der Waals surface area contributed by atoms with Crippen LogP contribution < -0.4 is 5.73 Å². The molecule has 1 aromatic rings. The third-order valence-electron chi connectivity index (χ3n) is 0.801. The van der Waals surface area contributed by atoms with Crippen LogP contribution >= 0.6 is 24.0 Å². The molecule has 3 nitrogen and oxygen atoms in total. The summed E-state index contributed by atoms with van der Waals surface area (Å²) in [6, 6.07) is 0. The Morgan fingerprint density at radius 2 is 2.00 bits per heavy atom. The predicted molar refractivity (Wildman–Crippen MR) is 46.6 cm³/mol. The number of nitrogens with two attached hydrogens (primary N) is 1. The normalized spacial score (nSPS) is 8.11. The van der Waals surface area contributed by atoms with Gasteiger partial charge >= 0.3 is 0 Å². The molecule has 0 aliphatic carbocycles. The van der Waals surface area contributed by atoms with Gasteiger partial charge in [0.25, 0.3) is 0 Å². The molecule has 0 saturated carbocycles. The summed E-state index contributed by atoms with van der Waals surface area (Å²) in [7, 11) is 0. The predicted octanol–water partition coefficient (Wildman–Crippen LogP) is 0.985. The number of aryl methyl sites for hydroxylation is 1. The van der Waals surface area contributed by atoms with Gasteiger partial charge < -0.3 is 5.73 Å². The van der Waals surface area contributed by atoms with Crippen molar-refractivity contribution in [1.29, 1.82) is 0 Å². The summed E-state index contributed by atoms with van der Waals surface area (Å²) in [5, 5.41) is 0. The summed E-state index contributed by atoms with van der Waals surface area (Å²) in [6.45, 7) is 1.87. The van der Waals surface area contributed by atoms with Crippen molar-refractivity contribution in [3.05, 3.63) is 18.1 Å². The fraction of sp³-hybridized carbons (Fsp3) is 0.200. The van der Waals surface area contributed by atoms with Crippen LogP contribution in [0, 0.1) is 6.92 Å². The smallest absolute Gasteiger partial charge is 0.141 e. The molecule has 0 radical (unpaired) electrons. The van der Waals surface area contributed by atoms with Gasteiger partial charge in [0.2, 0.25) is 0 Å². The van der Waals surface area contributed by atoms with Crippen molar-refractivity contribution in [2.75, 3.05) is 5.73 Å². The lowest BCUT2D eigenvalue weighted by molar-refractivity contribution is 1.13. The van der Waals surface area contributed by atoms with E-state index >= 15 is 0 Å². The highest BCUT2D eigenvalue weighted by atomic mass is 127. The maximum atomic E-state index is 5.25. The highest BCUT2D eigenvalue weighted by molar-refractivity contribution is 14.0. The van der Waals surface area contributed by atoms with Crippen molar-refractivity contribution in [3.63, 3.8) is 0 Å². The number of anilines is 1. The van der Waals surface area contributed by atoms with Crippen molar-refractivity contribution < 1.29 is 0 Å². The molecule has 1 rings (SSSR count). The average molecular weight is 237 g/mol. The molecule has 0 spiro atoms. The molecule has 0 aromatic carbocycles. The van der Waals surface area contributed by atoms with Gasteiger partial charge in [0.05, 0.1) is 18.1 Å². The molecule has 1 aromatic heterocycles. The van der Waals surface area contributed by atoms with E-state index in [1.165, 1.54) is 6.20 Å². The third kappa shape index (κ3) is 2.59. The highest BCUT2D eigenvalue weighted by Gasteiger charge is 1.83. The Kier molecular flexibility index (Phi) is 3.44. The van der Waals surface area contributed by atoms with Gasteiger partial charge in [0, 0.05) is 0 Å². The molecule has 0 amide bonds. The summed E-state index contributed by atoms with van der Waals surface area (Å²) in [5.41, 5.74) is 6.14. The number of nitrogen functional groups attached to an aromatic ring is 1. The molecule has 50 valence electrons. The Morgan fingerprint density at radius 1 is 1.33 bits per heavy atom. The van der Waals surface area contributed by atoms with Crippen LogP contribution in [0.15, 0.2) is 12.4 Å². The van der Waals surface area contributed by atoms with Gasteiger partial charge in [-0.3, -0.25) is 4.98 Å². The third-order valence-corrected chi connectivity index (χ3v) is 0.801. The summed E-state index contributed by atoms with van der Waals surface area (Å²) in [4.78, 5) is 7.69. The minimum absolute atomic E-state index is 0. The molecule has 0 bridgehead atoms. The first-order valence-electron chi connectivity index (χ1n) is 2.33. The van der Waals surface area contributed by atoms with Crippen LogP contribution in [0.1, 0.15) is 5.69 Å². The second-order valence-corrected chi connectivity index (χ2v) is 1.58. The molecule has 0 saturated heterocycles. The van der Waals surface area contributed by atoms with E-state index in [1.54, 1.807) is 6.20 Å². The summed E-state index contributed by atoms with van der Waals surface area (Å²) in [6.07, 6.45) is 3.17. The van der Waals surface area contributed by atoms with Crippen molar-refractivity contribution in [2.24, 2.45) is 0 Å². The van der Waals surface area contributed by atoms with Crippen LogP contribution in [-0.2, 0) is 0 Å². The first kappa shape index (κ1) is 8.61. The van der Waals surface area contributed by atoms with Gasteiger partial charge in [0.15, 0.2) is 0 Å². The summed E-state index contributed by atoms with van der Waals surface area (Å²) in [5.74, 6) is 0.468. The molecule has 0 unspecified atom stereocenters. The summed E-state index contributed by atoms with van der Waals surface area (Å²) >= 11 is 0. The van der Waals surface area contributed by atoms with E-state index in [-0.39, 0.29) is 24.0 Å². The van der Waals surface area contributed by atoms with Gasteiger partial charge in [-0.05, 0) is 6.92 Å². The van der Waals surface area contributed by atoms with E-state index in [0.717, 1.165) is 5.69 Å².